The number of amides is 1. The van der Waals surface area contributed by atoms with Crippen LogP contribution in [0, 0.1) is 0 Å². The standard InChI is InChI=1S/C8H5Cl2NO2/c9-4-1-2-6-5(3-4)11-8(12)7(10)13-6/h1-3,7H,(H,11,12). The quantitative estimate of drug-likeness (QED) is 0.678. The van der Waals surface area contributed by atoms with E-state index in [1.807, 2.05) is 0 Å². The third-order valence-electron chi connectivity index (χ3n) is 1.64. The molecule has 0 saturated heterocycles. The zero-order valence-electron chi connectivity index (χ0n) is 6.38. The smallest absolute Gasteiger partial charge is 0.281 e. The Kier molecular flexibility index (Phi) is 2.06. The molecule has 1 aliphatic rings. The van der Waals surface area contributed by atoms with Crippen LogP contribution in [0.25, 0.3) is 0 Å². The molecule has 3 nitrogen and oxygen atoms in total. The summed E-state index contributed by atoms with van der Waals surface area (Å²) in [6.07, 6.45) is 0. The summed E-state index contributed by atoms with van der Waals surface area (Å²) in [5.74, 6) is 0.153. The van der Waals surface area contributed by atoms with Crippen LogP contribution in [0.15, 0.2) is 18.2 Å². The third kappa shape index (κ3) is 1.57. The molecule has 1 aliphatic heterocycles. The molecule has 1 unspecified atom stereocenters. The first-order chi connectivity index (χ1) is 6.16. The van der Waals surface area contributed by atoms with E-state index in [-0.39, 0.29) is 5.91 Å². The van der Waals surface area contributed by atoms with Gasteiger partial charge in [0, 0.05) is 5.02 Å². The Morgan fingerprint density at radius 1 is 1.46 bits per heavy atom. The first-order valence-electron chi connectivity index (χ1n) is 3.58. The monoisotopic (exact) mass is 217 g/mol. The van der Waals surface area contributed by atoms with Gasteiger partial charge in [0.15, 0.2) is 0 Å². The van der Waals surface area contributed by atoms with Crippen molar-refractivity contribution in [2.45, 2.75) is 5.56 Å². The molecule has 0 aromatic heterocycles. The van der Waals surface area contributed by atoms with Gasteiger partial charge in [-0.2, -0.15) is 0 Å². The molecule has 1 aromatic carbocycles. The van der Waals surface area contributed by atoms with Gasteiger partial charge in [0.25, 0.3) is 11.5 Å². The minimum atomic E-state index is -0.964. The topological polar surface area (TPSA) is 38.3 Å². The van der Waals surface area contributed by atoms with Crippen molar-refractivity contribution < 1.29 is 9.53 Å². The number of rotatable bonds is 0. The van der Waals surface area contributed by atoms with Gasteiger partial charge in [-0.15, -0.1) is 0 Å². The van der Waals surface area contributed by atoms with E-state index in [1.165, 1.54) is 0 Å². The Morgan fingerprint density at radius 3 is 3.00 bits per heavy atom. The van der Waals surface area contributed by atoms with Crippen molar-refractivity contribution in [2.75, 3.05) is 5.32 Å². The summed E-state index contributed by atoms with van der Waals surface area (Å²) in [5.41, 5.74) is -0.414. The van der Waals surface area contributed by atoms with Crippen LogP contribution in [0.5, 0.6) is 5.75 Å². The average Bonchev–Trinajstić information content (AvgIpc) is 2.08. The van der Waals surface area contributed by atoms with Gasteiger partial charge in [-0.1, -0.05) is 23.2 Å². The highest BCUT2D eigenvalue weighted by atomic mass is 35.5. The zero-order chi connectivity index (χ0) is 9.42. The van der Waals surface area contributed by atoms with Crippen molar-refractivity contribution in [3.05, 3.63) is 23.2 Å². The second kappa shape index (κ2) is 3.09. The lowest BCUT2D eigenvalue weighted by molar-refractivity contribution is -0.120. The van der Waals surface area contributed by atoms with Crippen molar-refractivity contribution in [2.24, 2.45) is 0 Å². The molecule has 68 valence electrons. The van der Waals surface area contributed by atoms with Crippen LogP contribution in [0.2, 0.25) is 5.02 Å². The Hall–Kier alpha value is -0.930. The molecule has 1 amide bonds. The van der Waals surface area contributed by atoms with E-state index in [0.29, 0.717) is 16.5 Å². The molecule has 1 heterocycles. The van der Waals surface area contributed by atoms with Crippen LogP contribution >= 0.6 is 23.2 Å². The second-order valence-electron chi connectivity index (χ2n) is 2.56. The Morgan fingerprint density at radius 2 is 2.23 bits per heavy atom. The van der Waals surface area contributed by atoms with Crippen LogP contribution in [0.4, 0.5) is 5.69 Å². The summed E-state index contributed by atoms with van der Waals surface area (Å²) < 4.78 is 5.09. The SMILES string of the molecule is O=C1Nc2cc(Cl)ccc2OC1Cl. The summed E-state index contributed by atoms with van der Waals surface area (Å²) in [5, 5.41) is 3.11. The molecule has 5 heteroatoms. The van der Waals surface area contributed by atoms with Crippen LogP contribution < -0.4 is 10.1 Å². The number of fused-ring (bicyclic) bond motifs is 1. The number of benzene rings is 1. The minimum absolute atomic E-state index is 0.378. The highest BCUT2D eigenvalue weighted by Crippen LogP contribution is 2.32. The summed E-state index contributed by atoms with van der Waals surface area (Å²) >= 11 is 11.3. The van der Waals surface area contributed by atoms with Gasteiger partial charge in [-0.3, -0.25) is 4.79 Å². The number of nitrogens with one attached hydrogen (secondary N) is 1. The molecule has 1 atom stereocenters. The van der Waals surface area contributed by atoms with E-state index in [4.69, 9.17) is 27.9 Å². The molecular formula is C8H5Cl2NO2. The number of anilines is 1. The lowest BCUT2D eigenvalue weighted by Crippen LogP contribution is -2.32. The van der Waals surface area contributed by atoms with Crippen molar-refractivity contribution in [3.63, 3.8) is 0 Å². The number of carbonyl (C=O) groups excluding carboxylic acids is 1. The lowest BCUT2D eigenvalue weighted by atomic mass is 10.2. The van der Waals surface area contributed by atoms with Crippen LogP contribution in [-0.2, 0) is 4.79 Å². The molecular weight excluding hydrogens is 213 g/mol. The summed E-state index contributed by atoms with van der Waals surface area (Å²) in [6, 6.07) is 4.94. The Bertz CT molecular complexity index is 367. The van der Waals surface area contributed by atoms with Gasteiger partial charge in [-0.25, -0.2) is 0 Å². The molecule has 1 N–H and O–H groups in total. The molecule has 0 radical (unpaired) electrons. The van der Waals surface area contributed by atoms with Gasteiger partial charge in [0.05, 0.1) is 5.69 Å². The van der Waals surface area contributed by atoms with Gasteiger partial charge in [-0.05, 0) is 18.2 Å². The van der Waals surface area contributed by atoms with E-state index in [9.17, 15) is 4.79 Å². The van der Waals surface area contributed by atoms with Gasteiger partial charge in [0.1, 0.15) is 5.75 Å². The molecule has 0 bridgehead atoms. The van der Waals surface area contributed by atoms with E-state index in [0.717, 1.165) is 0 Å². The molecule has 0 fully saturated rings. The third-order valence-corrected chi connectivity index (χ3v) is 2.16. The second-order valence-corrected chi connectivity index (χ2v) is 3.40. The maximum atomic E-state index is 11.1. The summed E-state index contributed by atoms with van der Waals surface area (Å²) in [4.78, 5) is 11.1. The molecule has 0 spiro atoms. The molecule has 0 aliphatic carbocycles. The predicted octanol–water partition coefficient (Wildman–Crippen LogP) is 2.24. The van der Waals surface area contributed by atoms with Crippen LogP contribution in [-0.4, -0.2) is 11.5 Å². The molecule has 1 aromatic rings. The summed E-state index contributed by atoms with van der Waals surface area (Å²) in [7, 11) is 0. The number of halogens is 2. The fourth-order valence-corrected chi connectivity index (χ4v) is 1.38. The fraction of sp³-hybridized carbons (Fsp3) is 0.125. The minimum Gasteiger partial charge on any atom is -0.463 e. The van der Waals surface area contributed by atoms with Crippen molar-refractivity contribution >= 4 is 34.8 Å². The van der Waals surface area contributed by atoms with Crippen molar-refractivity contribution in [1.82, 2.24) is 0 Å². The average molecular weight is 218 g/mol. The highest BCUT2D eigenvalue weighted by molar-refractivity contribution is 6.33. The van der Waals surface area contributed by atoms with Crippen molar-refractivity contribution in [1.29, 1.82) is 0 Å². The predicted molar refractivity (Wildman–Crippen MR) is 50.4 cm³/mol. The van der Waals surface area contributed by atoms with Gasteiger partial charge < -0.3 is 10.1 Å². The molecule has 2 rings (SSSR count). The first kappa shape index (κ1) is 8.66. The zero-order valence-corrected chi connectivity index (χ0v) is 7.89. The Labute approximate surface area is 84.6 Å². The summed E-state index contributed by atoms with van der Waals surface area (Å²) in [6.45, 7) is 0. The number of hydrogen-bond acceptors (Lipinski definition) is 2. The fourth-order valence-electron chi connectivity index (χ4n) is 1.06. The normalized spacial score (nSPS) is 20.2. The van der Waals surface area contributed by atoms with E-state index >= 15 is 0 Å². The first-order valence-corrected chi connectivity index (χ1v) is 4.39. The maximum absolute atomic E-state index is 11.1. The van der Waals surface area contributed by atoms with Crippen LogP contribution in [0.1, 0.15) is 0 Å². The molecule has 0 saturated carbocycles. The molecule has 13 heavy (non-hydrogen) atoms. The lowest BCUT2D eigenvalue weighted by Gasteiger charge is -2.21. The number of alkyl halides is 1. The van der Waals surface area contributed by atoms with E-state index < -0.39 is 5.56 Å². The number of hydrogen-bond donors (Lipinski definition) is 1. The van der Waals surface area contributed by atoms with E-state index in [2.05, 4.69) is 5.32 Å². The van der Waals surface area contributed by atoms with Crippen molar-refractivity contribution in [3.8, 4) is 5.75 Å². The van der Waals surface area contributed by atoms with Gasteiger partial charge in [0.2, 0.25) is 0 Å². The highest BCUT2D eigenvalue weighted by Gasteiger charge is 2.25. The maximum Gasteiger partial charge on any atom is 0.281 e. The van der Waals surface area contributed by atoms with E-state index in [1.54, 1.807) is 18.2 Å². The largest absolute Gasteiger partial charge is 0.463 e. The Balaban J connectivity index is 2.42. The van der Waals surface area contributed by atoms with Crippen LogP contribution in [0.3, 0.4) is 0 Å². The number of carbonyl (C=O) groups is 1. The number of ether oxygens (including phenoxy) is 1. The van der Waals surface area contributed by atoms with Gasteiger partial charge >= 0.3 is 0 Å².